The number of ether oxygens (including phenoxy) is 1. The molecule has 1 saturated heterocycles. The highest BCUT2D eigenvalue weighted by atomic mass is 32.2. The van der Waals surface area contributed by atoms with Crippen LogP contribution in [0.4, 0.5) is 0 Å². The molecule has 0 saturated carbocycles. The summed E-state index contributed by atoms with van der Waals surface area (Å²) in [5, 5.41) is 4.38. The summed E-state index contributed by atoms with van der Waals surface area (Å²) in [6.07, 6.45) is 6.65. The minimum Gasteiger partial charge on any atom is -0.491 e. The second-order valence-electron chi connectivity index (χ2n) is 8.54. The molecular weight excluding hydrogens is 392 g/mol. The van der Waals surface area contributed by atoms with Gasteiger partial charge in [-0.1, -0.05) is 6.07 Å². The van der Waals surface area contributed by atoms with E-state index in [0.29, 0.717) is 17.9 Å². The molecule has 6 heteroatoms. The van der Waals surface area contributed by atoms with E-state index >= 15 is 0 Å². The van der Waals surface area contributed by atoms with Crippen LogP contribution in [0, 0.1) is 0 Å². The fourth-order valence-corrected chi connectivity index (χ4v) is 5.70. The number of aromatic nitrogens is 1. The largest absolute Gasteiger partial charge is 0.491 e. The quantitative estimate of drug-likeness (QED) is 0.790. The maximum atomic E-state index is 6.07. The van der Waals surface area contributed by atoms with Gasteiger partial charge in [-0.05, 0) is 70.1 Å². The van der Waals surface area contributed by atoms with Crippen molar-refractivity contribution in [2.24, 2.45) is 0 Å². The maximum absolute atomic E-state index is 6.07. The lowest BCUT2D eigenvalue weighted by atomic mass is 10.1. The molecule has 1 N–H and O–H groups in total. The van der Waals surface area contributed by atoms with Gasteiger partial charge in [-0.2, -0.15) is 0 Å². The number of fused-ring (bicyclic) bond motifs is 3. The third-order valence-corrected chi connectivity index (χ3v) is 7.58. The Balaban J connectivity index is 1.33. The molecule has 1 atom stereocenters. The average molecular weight is 423 g/mol. The molecule has 1 unspecified atom stereocenters. The third-order valence-electron chi connectivity index (χ3n) is 6.25. The van der Waals surface area contributed by atoms with Crippen molar-refractivity contribution in [3.63, 3.8) is 0 Å². The van der Waals surface area contributed by atoms with Crippen LogP contribution in [0.25, 0.3) is 5.70 Å². The van der Waals surface area contributed by atoms with Gasteiger partial charge in [0.25, 0.3) is 0 Å². The topological polar surface area (TPSA) is 40.6 Å². The van der Waals surface area contributed by atoms with Crippen LogP contribution < -0.4 is 10.1 Å². The number of likely N-dealkylation sites (tertiary alicyclic amines) is 1. The minimum absolute atomic E-state index is 0.0999. The van der Waals surface area contributed by atoms with E-state index in [2.05, 4.69) is 64.4 Å². The summed E-state index contributed by atoms with van der Waals surface area (Å²) in [4.78, 5) is 10.8. The molecule has 5 nitrogen and oxygen atoms in total. The summed E-state index contributed by atoms with van der Waals surface area (Å²) < 4.78 is 6.07. The van der Waals surface area contributed by atoms with Gasteiger partial charge >= 0.3 is 0 Å². The SMILES string of the molecule is CC(C)N1CCC(Sc2ccc3c(c2)C2NC(c4ccccn4)=CN2CCO3)CC1. The van der Waals surface area contributed by atoms with Crippen molar-refractivity contribution in [1.29, 1.82) is 0 Å². The number of benzene rings is 1. The fourth-order valence-electron chi connectivity index (χ4n) is 4.53. The first-order valence-electron chi connectivity index (χ1n) is 11.0. The number of thioether (sulfide) groups is 1. The molecule has 1 aromatic heterocycles. The molecule has 0 spiro atoms. The molecule has 5 rings (SSSR count). The average Bonchev–Trinajstić information content (AvgIpc) is 3.12. The molecule has 0 radical (unpaired) electrons. The Morgan fingerprint density at radius 3 is 2.77 bits per heavy atom. The molecule has 4 heterocycles. The van der Waals surface area contributed by atoms with Gasteiger partial charge in [-0.15, -0.1) is 11.8 Å². The van der Waals surface area contributed by atoms with Crippen molar-refractivity contribution < 1.29 is 4.74 Å². The Hall–Kier alpha value is -2.18. The van der Waals surface area contributed by atoms with E-state index in [1.165, 1.54) is 36.4 Å². The molecule has 0 aliphatic carbocycles. The Labute approximate surface area is 183 Å². The molecule has 3 aliphatic heterocycles. The van der Waals surface area contributed by atoms with Crippen molar-refractivity contribution in [1.82, 2.24) is 20.1 Å². The monoisotopic (exact) mass is 422 g/mol. The van der Waals surface area contributed by atoms with Crippen LogP contribution in [0.3, 0.4) is 0 Å². The van der Waals surface area contributed by atoms with Gasteiger partial charge < -0.3 is 19.9 Å². The zero-order valence-corrected chi connectivity index (χ0v) is 18.6. The van der Waals surface area contributed by atoms with Crippen LogP contribution in [0.15, 0.2) is 53.7 Å². The molecule has 1 fully saturated rings. The first kappa shape index (κ1) is 19.8. The van der Waals surface area contributed by atoms with Crippen LogP contribution in [0.5, 0.6) is 5.75 Å². The second kappa shape index (κ2) is 8.52. The molecule has 1 aromatic carbocycles. The Morgan fingerprint density at radius 1 is 1.13 bits per heavy atom. The number of pyridine rings is 1. The molecular formula is C24H30N4OS. The van der Waals surface area contributed by atoms with E-state index in [0.717, 1.165) is 23.7 Å². The summed E-state index contributed by atoms with van der Waals surface area (Å²) in [5.74, 6) is 0.990. The van der Waals surface area contributed by atoms with Gasteiger partial charge in [0.2, 0.25) is 0 Å². The highest BCUT2D eigenvalue weighted by Gasteiger charge is 2.31. The summed E-state index contributed by atoms with van der Waals surface area (Å²) in [6, 6.07) is 13.4. The predicted molar refractivity (Wildman–Crippen MR) is 122 cm³/mol. The number of hydrogen-bond acceptors (Lipinski definition) is 6. The lowest BCUT2D eigenvalue weighted by molar-refractivity contribution is 0.188. The number of nitrogens with one attached hydrogen (secondary N) is 1. The van der Waals surface area contributed by atoms with Crippen LogP contribution in [0.2, 0.25) is 0 Å². The molecule has 0 amide bonds. The Bertz CT molecular complexity index is 909. The van der Waals surface area contributed by atoms with Gasteiger partial charge in [-0.3, -0.25) is 4.98 Å². The number of rotatable bonds is 4. The number of hydrogen-bond donors (Lipinski definition) is 1. The molecule has 30 heavy (non-hydrogen) atoms. The maximum Gasteiger partial charge on any atom is 0.129 e. The number of piperidine rings is 1. The zero-order valence-electron chi connectivity index (χ0n) is 17.8. The van der Waals surface area contributed by atoms with E-state index in [4.69, 9.17) is 4.74 Å². The smallest absolute Gasteiger partial charge is 0.129 e. The zero-order chi connectivity index (χ0) is 20.5. The van der Waals surface area contributed by atoms with E-state index in [-0.39, 0.29) is 6.17 Å². The second-order valence-corrected chi connectivity index (χ2v) is 9.91. The molecule has 158 valence electrons. The van der Waals surface area contributed by atoms with Crippen LogP contribution >= 0.6 is 11.8 Å². The molecule has 0 bridgehead atoms. The van der Waals surface area contributed by atoms with Crippen molar-refractivity contribution in [3.8, 4) is 5.75 Å². The van der Waals surface area contributed by atoms with E-state index in [1.807, 2.05) is 30.1 Å². The minimum atomic E-state index is 0.0999. The van der Waals surface area contributed by atoms with Crippen molar-refractivity contribution in [3.05, 3.63) is 60.1 Å². The van der Waals surface area contributed by atoms with E-state index in [9.17, 15) is 0 Å². The Kier molecular flexibility index (Phi) is 5.61. The van der Waals surface area contributed by atoms with Crippen LogP contribution in [-0.2, 0) is 0 Å². The highest BCUT2D eigenvalue weighted by molar-refractivity contribution is 8.00. The molecule has 3 aliphatic rings. The first-order valence-corrected chi connectivity index (χ1v) is 11.9. The van der Waals surface area contributed by atoms with E-state index < -0.39 is 0 Å². The third kappa shape index (κ3) is 4.03. The van der Waals surface area contributed by atoms with Gasteiger partial charge in [0.15, 0.2) is 0 Å². The van der Waals surface area contributed by atoms with Gasteiger partial charge in [0.05, 0.1) is 17.9 Å². The van der Waals surface area contributed by atoms with Crippen molar-refractivity contribution >= 4 is 17.5 Å². The summed E-state index contributed by atoms with van der Waals surface area (Å²) in [5.41, 5.74) is 3.28. The highest BCUT2D eigenvalue weighted by Crippen LogP contribution is 2.40. The van der Waals surface area contributed by atoms with Crippen molar-refractivity contribution in [2.45, 2.75) is 49.0 Å². The van der Waals surface area contributed by atoms with Gasteiger partial charge in [0, 0.05) is 34.1 Å². The number of nitrogens with zero attached hydrogens (tertiary/aromatic N) is 3. The predicted octanol–water partition coefficient (Wildman–Crippen LogP) is 4.34. The fraction of sp³-hybridized carbons (Fsp3) is 0.458. The normalized spacial score (nSPS) is 22.0. The van der Waals surface area contributed by atoms with Crippen LogP contribution in [0.1, 0.15) is 44.1 Å². The Morgan fingerprint density at radius 2 is 2.00 bits per heavy atom. The van der Waals surface area contributed by atoms with E-state index in [1.54, 1.807) is 0 Å². The summed E-state index contributed by atoms with van der Waals surface area (Å²) in [6.45, 7) is 8.56. The van der Waals surface area contributed by atoms with Crippen molar-refractivity contribution in [2.75, 3.05) is 26.2 Å². The lowest BCUT2D eigenvalue weighted by Gasteiger charge is -2.34. The summed E-state index contributed by atoms with van der Waals surface area (Å²) >= 11 is 2.03. The standard InChI is InChI=1S/C24H30N4OS/c1-17(2)27-11-8-18(9-12-27)30-19-6-7-23-20(15-19)24-26-22(16-28(24)13-14-29-23)21-5-3-4-10-25-21/h3-7,10,15-18,24,26H,8-9,11-14H2,1-2H3. The summed E-state index contributed by atoms with van der Waals surface area (Å²) in [7, 11) is 0. The molecule has 2 aromatic rings. The van der Waals surface area contributed by atoms with Crippen LogP contribution in [-0.4, -0.2) is 52.3 Å². The first-order chi connectivity index (χ1) is 14.7. The lowest BCUT2D eigenvalue weighted by Crippen LogP contribution is -2.39. The van der Waals surface area contributed by atoms with Gasteiger partial charge in [-0.25, -0.2) is 0 Å². The van der Waals surface area contributed by atoms with Gasteiger partial charge in [0.1, 0.15) is 18.5 Å².